The van der Waals surface area contributed by atoms with Crippen molar-refractivity contribution in [3.8, 4) is 5.75 Å². The summed E-state index contributed by atoms with van der Waals surface area (Å²) in [5, 5.41) is 2.48. The Bertz CT molecular complexity index is 689. The number of nitrogens with one attached hydrogen (secondary N) is 1. The maximum Gasteiger partial charge on any atom is 0.573 e. The normalized spacial score (nSPS) is 10.5. The first-order valence-electron chi connectivity index (χ1n) is 7.35. The molecule has 0 spiro atoms. The van der Waals surface area contributed by atoms with E-state index in [1.807, 2.05) is 20.8 Å². The van der Waals surface area contributed by atoms with Crippen LogP contribution in [0.5, 0.6) is 5.75 Å². The van der Waals surface area contributed by atoms with Crippen LogP contribution >= 0.6 is 0 Å². The van der Waals surface area contributed by atoms with Crippen LogP contribution in [0.2, 0.25) is 0 Å². The van der Waals surface area contributed by atoms with Gasteiger partial charge in [0, 0.05) is 19.4 Å². The van der Waals surface area contributed by atoms with Gasteiger partial charge in [0.2, 0.25) is 0 Å². The molecule has 0 aliphatic heterocycles. The topological polar surface area (TPSA) is 51.2 Å². The smallest absolute Gasteiger partial charge is 0.405 e. The molecule has 1 aromatic carbocycles. The molecule has 2 rings (SSSR count). The average molecular weight is 342 g/mol. The quantitative estimate of drug-likeness (QED) is 0.842. The number of amides is 1. The summed E-state index contributed by atoms with van der Waals surface area (Å²) in [6.07, 6.45) is -3.26. The lowest BCUT2D eigenvalue weighted by Crippen LogP contribution is -2.18. The molecule has 1 aromatic heterocycles. The standard InChI is InChI=1S/C15H13F3N2O2.C2H6.H2/c1-9-3-6-12(19-8-9)14(21)20-11-5-4-10(2)13(7-11)22-15(16,17)18;1-2;/h3-8H,1-2H3,(H,20,21);1-2H3;1H. The van der Waals surface area contributed by atoms with Crippen molar-refractivity contribution in [3.05, 3.63) is 53.3 Å². The van der Waals surface area contributed by atoms with E-state index < -0.39 is 12.3 Å². The zero-order valence-electron chi connectivity index (χ0n) is 13.9. The van der Waals surface area contributed by atoms with E-state index in [-0.39, 0.29) is 18.6 Å². The van der Waals surface area contributed by atoms with Crippen LogP contribution in [0.25, 0.3) is 0 Å². The van der Waals surface area contributed by atoms with E-state index >= 15 is 0 Å². The van der Waals surface area contributed by atoms with E-state index in [1.54, 1.807) is 6.07 Å². The Labute approximate surface area is 140 Å². The number of halogens is 3. The summed E-state index contributed by atoms with van der Waals surface area (Å²) in [4.78, 5) is 15.9. The van der Waals surface area contributed by atoms with Gasteiger partial charge in [-0.25, -0.2) is 0 Å². The van der Waals surface area contributed by atoms with Gasteiger partial charge < -0.3 is 10.1 Å². The van der Waals surface area contributed by atoms with Crippen LogP contribution in [-0.2, 0) is 0 Å². The summed E-state index contributed by atoms with van der Waals surface area (Å²) in [7, 11) is 0. The first-order chi connectivity index (χ1) is 11.2. The molecular weight excluding hydrogens is 321 g/mol. The Balaban J connectivity index is 0.00000185. The van der Waals surface area contributed by atoms with Gasteiger partial charge in [0.1, 0.15) is 11.4 Å². The number of pyridine rings is 1. The maximum absolute atomic E-state index is 12.3. The van der Waals surface area contributed by atoms with Crippen LogP contribution < -0.4 is 10.1 Å². The van der Waals surface area contributed by atoms with Crippen molar-refractivity contribution in [2.45, 2.75) is 34.1 Å². The Morgan fingerprint density at radius 3 is 2.38 bits per heavy atom. The molecule has 24 heavy (non-hydrogen) atoms. The number of aromatic nitrogens is 1. The first-order valence-corrected chi connectivity index (χ1v) is 7.35. The molecule has 0 bridgehead atoms. The fourth-order valence-corrected chi connectivity index (χ4v) is 1.71. The summed E-state index contributed by atoms with van der Waals surface area (Å²) in [6, 6.07) is 7.29. The molecule has 1 heterocycles. The Hall–Kier alpha value is -2.57. The highest BCUT2D eigenvalue weighted by Gasteiger charge is 2.31. The number of carbonyl (C=O) groups excluding carboxylic acids is 1. The molecule has 4 nitrogen and oxygen atoms in total. The monoisotopic (exact) mass is 342 g/mol. The second-order valence-electron chi connectivity index (χ2n) is 4.70. The zero-order valence-corrected chi connectivity index (χ0v) is 13.9. The number of alkyl halides is 3. The third kappa shape index (κ3) is 5.91. The molecule has 0 saturated heterocycles. The SMILES string of the molecule is CC.Cc1ccc(C(=O)Nc2ccc(C)c(OC(F)(F)F)c2)nc1.[HH]. The molecule has 0 unspecified atom stereocenters. The van der Waals surface area contributed by atoms with Gasteiger partial charge in [0.25, 0.3) is 5.91 Å². The molecule has 132 valence electrons. The summed E-state index contributed by atoms with van der Waals surface area (Å²) >= 11 is 0. The van der Waals surface area contributed by atoms with Gasteiger partial charge in [0.05, 0.1) is 0 Å². The summed E-state index contributed by atoms with van der Waals surface area (Å²) < 4.78 is 40.8. The number of carbonyl (C=O) groups is 1. The highest BCUT2D eigenvalue weighted by molar-refractivity contribution is 6.02. The van der Waals surface area contributed by atoms with Crippen LogP contribution in [0.15, 0.2) is 36.5 Å². The van der Waals surface area contributed by atoms with Gasteiger partial charge in [-0.2, -0.15) is 0 Å². The van der Waals surface area contributed by atoms with E-state index in [4.69, 9.17) is 0 Å². The van der Waals surface area contributed by atoms with Gasteiger partial charge >= 0.3 is 6.36 Å². The molecule has 0 radical (unpaired) electrons. The fraction of sp³-hybridized carbons (Fsp3) is 0.294. The number of hydrogen-bond acceptors (Lipinski definition) is 3. The molecule has 1 N–H and O–H groups in total. The summed E-state index contributed by atoms with van der Waals surface area (Å²) in [6.45, 7) is 7.31. The van der Waals surface area contributed by atoms with Crippen molar-refractivity contribution in [2.24, 2.45) is 0 Å². The molecule has 1 amide bonds. The summed E-state index contributed by atoms with van der Waals surface area (Å²) in [5.74, 6) is -0.871. The number of ether oxygens (including phenoxy) is 1. The van der Waals surface area contributed by atoms with E-state index in [0.717, 1.165) is 11.6 Å². The second kappa shape index (κ2) is 8.33. The Morgan fingerprint density at radius 2 is 1.83 bits per heavy atom. The average Bonchev–Trinajstić information content (AvgIpc) is 2.52. The number of hydrogen-bond donors (Lipinski definition) is 1. The minimum absolute atomic E-state index is 0. The maximum atomic E-state index is 12.3. The second-order valence-corrected chi connectivity index (χ2v) is 4.70. The molecule has 0 saturated carbocycles. The molecule has 7 heteroatoms. The molecule has 0 fully saturated rings. The van der Waals surface area contributed by atoms with Crippen LogP contribution in [0.4, 0.5) is 18.9 Å². The van der Waals surface area contributed by atoms with Crippen molar-refractivity contribution in [2.75, 3.05) is 5.32 Å². The number of aryl methyl sites for hydroxylation is 2. The predicted molar refractivity (Wildman–Crippen MR) is 88.3 cm³/mol. The highest BCUT2D eigenvalue weighted by Crippen LogP contribution is 2.28. The predicted octanol–water partition coefficient (Wildman–Crippen LogP) is 5.12. The minimum atomic E-state index is -4.79. The van der Waals surface area contributed by atoms with Gasteiger partial charge in [0.15, 0.2) is 0 Å². The fourth-order valence-electron chi connectivity index (χ4n) is 1.71. The molecule has 2 aromatic rings. The highest BCUT2D eigenvalue weighted by atomic mass is 19.4. The van der Waals surface area contributed by atoms with Crippen LogP contribution in [0.1, 0.15) is 36.9 Å². The van der Waals surface area contributed by atoms with E-state index in [2.05, 4.69) is 15.0 Å². The van der Waals surface area contributed by atoms with Gasteiger partial charge in [-0.3, -0.25) is 9.78 Å². The van der Waals surface area contributed by atoms with Gasteiger partial charge in [-0.15, -0.1) is 13.2 Å². The molecule has 0 atom stereocenters. The van der Waals surface area contributed by atoms with E-state index in [1.165, 1.54) is 31.3 Å². The Morgan fingerprint density at radius 1 is 1.17 bits per heavy atom. The molecule has 0 aliphatic rings. The molecule has 0 aliphatic carbocycles. The third-order valence-electron chi connectivity index (χ3n) is 2.82. The summed E-state index contributed by atoms with van der Waals surface area (Å²) in [5.41, 5.74) is 1.57. The van der Waals surface area contributed by atoms with Gasteiger partial charge in [-0.1, -0.05) is 26.0 Å². The zero-order chi connectivity index (χ0) is 18.3. The van der Waals surface area contributed by atoms with E-state index in [0.29, 0.717) is 5.56 Å². The minimum Gasteiger partial charge on any atom is -0.405 e. The lowest BCUT2D eigenvalue weighted by atomic mass is 10.2. The molecular formula is C17H21F3N2O2. The van der Waals surface area contributed by atoms with Crippen molar-refractivity contribution >= 4 is 11.6 Å². The van der Waals surface area contributed by atoms with Crippen molar-refractivity contribution in [1.29, 1.82) is 0 Å². The van der Waals surface area contributed by atoms with Gasteiger partial charge in [-0.05, 0) is 37.1 Å². The van der Waals surface area contributed by atoms with E-state index in [9.17, 15) is 18.0 Å². The van der Waals surface area contributed by atoms with Crippen LogP contribution in [0.3, 0.4) is 0 Å². The number of benzene rings is 1. The number of anilines is 1. The van der Waals surface area contributed by atoms with Crippen molar-refractivity contribution < 1.29 is 24.1 Å². The van der Waals surface area contributed by atoms with Crippen molar-refractivity contribution in [1.82, 2.24) is 4.98 Å². The third-order valence-corrected chi connectivity index (χ3v) is 2.82. The Kier molecular flexibility index (Phi) is 6.76. The number of rotatable bonds is 3. The number of nitrogens with zero attached hydrogens (tertiary/aromatic N) is 1. The van der Waals surface area contributed by atoms with Crippen molar-refractivity contribution in [3.63, 3.8) is 0 Å². The lowest BCUT2D eigenvalue weighted by molar-refractivity contribution is -0.274. The largest absolute Gasteiger partial charge is 0.573 e. The lowest BCUT2D eigenvalue weighted by Gasteiger charge is -2.13. The van der Waals surface area contributed by atoms with Crippen LogP contribution in [0, 0.1) is 13.8 Å². The van der Waals surface area contributed by atoms with Crippen LogP contribution in [-0.4, -0.2) is 17.3 Å². The first kappa shape index (κ1) is 19.5.